The van der Waals surface area contributed by atoms with Gasteiger partial charge in [-0.05, 0) is 11.8 Å². The van der Waals surface area contributed by atoms with Crippen LogP contribution in [0.15, 0.2) is 11.0 Å². The quantitative estimate of drug-likeness (QED) is 0.810. The van der Waals surface area contributed by atoms with Crippen LogP contribution in [0.5, 0.6) is 0 Å². The first-order chi connectivity index (χ1) is 8.81. The molecule has 0 radical (unpaired) electrons. The molecule has 0 aromatic carbocycles. The van der Waals surface area contributed by atoms with Gasteiger partial charge >= 0.3 is 0 Å². The summed E-state index contributed by atoms with van der Waals surface area (Å²) >= 11 is 11.6. The summed E-state index contributed by atoms with van der Waals surface area (Å²) in [5.74, 6) is 1.05. The molecule has 0 unspecified atom stereocenters. The Morgan fingerprint density at radius 2 is 1.74 bits per heavy atom. The molecule has 1 aromatic rings. The van der Waals surface area contributed by atoms with E-state index in [0.29, 0.717) is 18.5 Å². The molecule has 1 aromatic heterocycles. The van der Waals surface area contributed by atoms with E-state index in [1.54, 1.807) is 0 Å². The predicted molar refractivity (Wildman–Crippen MR) is 79.8 cm³/mol. The molecule has 0 bridgehead atoms. The van der Waals surface area contributed by atoms with E-state index in [9.17, 15) is 4.79 Å². The Kier molecular flexibility index (Phi) is 6.30. The largest absolute Gasteiger partial charge is 0.288 e. The van der Waals surface area contributed by atoms with Gasteiger partial charge in [-0.15, -0.1) is 0 Å². The van der Waals surface area contributed by atoms with Crippen molar-refractivity contribution in [1.82, 2.24) is 14.7 Å². The van der Waals surface area contributed by atoms with Crippen LogP contribution in [-0.2, 0) is 6.67 Å². The molecule has 0 aliphatic carbocycles. The topological polar surface area (TPSA) is 38.1 Å². The summed E-state index contributed by atoms with van der Waals surface area (Å²) < 4.78 is 1.36. The Labute approximate surface area is 124 Å². The molecule has 1 rings (SSSR count). The molecule has 0 aliphatic heterocycles. The molecular weight excluding hydrogens is 285 g/mol. The molecule has 6 heteroatoms. The van der Waals surface area contributed by atoms with E-state index in [1.807, 2.05) is 0 Å². The van der Waals surface area contributed by atoms with Crippen LogP contribution in [0.1, 0.15) is 27.7 Å². The van der Waals surface area contributed by atoms with E-state index in [-0.39, 0.29) is 15.6 Å². The fourth-order valence-corrected chi connectivity index (χ4v) is 2.23. The molecule has 0 aliphatic rings. The fraction of sp³-hybridized carbons (Fsp3) is 0.692. The Bertz CT molecular complexity index is 461. The van der Waals surface area contributed by atoms with Crippen LogP contribution in [-0.4, -0.2) is 27.8 Å². The van der Waals surface area contributed by atoms with Gasteiger partial charge in [0.1, 0.15) is 5.02 Å². The van der Waals surface area contributed by atoms with E-state index in [2.05, 4.69) is 37.7 Å². The maximum absolute atomic E-state index is 12.0. The smallest absolute Gasteiger partial charge is 0.284 e. The molecule has 0 saturated carbocycles. The number of rotatable bonds is 6. The third-order valence-corrected chi connectivity index (χ3v) is 3.27. The molecule has 0 fully saturated rings. The van der Waals surface area contributed by atoms with Crippen LogP contribution in [0.25, 0.3) is 0 Å². The Morgan fingerprint density at radius 3 is 2.21 bits per heavy atom. The van der Waals surface area contributed by atoms with Crippen LogP contribution >= 0.6 is 23.2 Å². The molecular formula is C13H21Cl2N3O. The SMILES string of the molecule is CC(C)CN(CC(C)C)Cn1ncc(Cl)c(Cl)c1=O. The van der Waals surface area contributed by atoms with Crippen molar-refractivity contribution < 1.29 is 0 Å². The highest BCUT2D eigenvalue weighted by Crippen LogP contribution is 2.15. The number of halogens is 2. The Balaban J connectivity index is 2.90. The average molecular weight is 306 g/mol. The van der Waals surface area contributed by atoms with E-state index < -0.39 is 0 Å². The summed E-state index contributed by atoms with van der Waals surface area (Å²) in [5, 5.41) is 4.27. The van der Waals surface area contributed by atoms with Crippen LogP contribution < -0.4 is 5.56 Å². The fourth-order valence-electron chi connectivity index (χ4n) is 1.96. The summed E-state index contributed by atoms with van der Waals surface area (Å²) in [6.45, 7) is 10.9. The van der Waals surface area contributed by atoms with Gasteiger partial charge in [-0.3, -0.25) is 9.69 Å². The molecule has 108 valence electrons. The second kappa shape index (κ2) is 7.27. The number of hydrogen-bond acceptors (Lipinski definition) is 3. The van der Waals surface area contributed by atoms with Crippen molar-refractivity contribution in [1.29, 1.82) is 0 Å². The summed E-state index contributed by atoms with van der Waals surface area (Å²) in [4.78, 5) is 14.2. The number of aromatic nitrogens is 2. The van der Waals surface area contributed by atoms with Gasteiger partial charge in [0.25, 0.3) is 5.56 Å². The van der Waals surface area contributed by atoms with Gasteiger partial charge in [0, 0.05) is 13.1 Å². The first-order valence-corrected chi connectivity index (χ1v) is 7.20. The lowest BCUT2D eigenvalue weighted by molar-refractivity contribution is 0.162. The highest BCUT2D eigenvalue weighted by atomic mass is 35.5. The van der Waals surface area contributed by atoms with Crippen LogP contribution in [0, 0.1) is 11.8 Å². The van der Waals surface area contributed by atoms with E-state index in [1.165, 1.54) is 10.9 Å². The Hall–Kier alpha value is -0.580. The van der Waals surface area contributed by atoms with E-state index >= 15 is 0 Å². The first-order valence-electron chi connectivity index (χ1n) is 6.44. The monoisotopic (exact) mass is 305 g/mol. The van der Waals surface area contributed by atoms with Gasteiger partial charge in [-0.1, -0.05) is 50.9 Å². The zero-order valence-corrected chi connectivity index (χ0v) is 13.4. The van der Waals surface area contributed by atoms with Gasteiger partial charge in [0.05, 0.1) is 17.9 Å². The zero-order valence-electron chi connectivity index (χ0n) is 11.9. The van der Waals surface area contributed by atoms with Gasteiger partial charge in [0.2, 0.25) is 0 Å². The maximum atomic E-state index is 12.0. The minimum atomic E-state index is -0.341. The third kappa shape index (κ3) is 5.13. The molecule has 0 atom stereocenters. The van der Waals surface area contributed by atoms with E-state index in [4.69, 9.17) is 23.2 Å². The van der Waals surface area contributed by atoms with Gasteiger partial charge in [-0.25, -0.2) is 4.68 Å². The maximum Gasteiger partial charge on any atom is 0.288 e. The normalized spacial score (nSPS) is 11.8. The summed E-state index contributed by atoms with van der Waals surface area (Å²) in [5.41, 5.74) is -0.341. The van der Waals surface area contributed by atoms with Crippen LogP contribution in [0.2, 0.25) is 10.0 Å². The highest BCUT2D eigenvalue weighted by Gasteiger charge is 2.13. The van der Waals surface area contributed by atoms with Crippen molar-refractivity contribution in [2.24, 2.45) is 11.8 Å². The lowest BCUT2D eigenvalue weighted by Gasteiger charge is -2.26. The molecule has 0 N–H and O–H groups in total. The number of nitrogens with zero attached hydrogens (tertiary/aromatic N) is 3. The zero-order chi connectivity index (χ0) is 14.6. The Morgan fingerprint density at radius 1 is 1.21 bits per heavy atom. The van der Waals surface area contributed by atoms with Crippen molar-refractivity contribution in [2.45, 2.75) is 34.4 Å². The average Bonchev–Trinajstić information content (AvgIpc) is 2.28. The molecule has 19 heavy (non-hydrogen) atoms. The van der Waals surface area contributed by atoms with Crippen LogP contribution in [0.4, 0.5) is 0 Å². The molecule has 1 heterocycles. The van der Waals surface area contributed by atoms with Gasteiger partial charge in [0.15, 0.2) is 0 Å². The van der Waals surface area contributed by atoms with Crippen molar-refractivity contribution in [3.63, 3.8) is 0 Å². The second-order valence-corrected chi connectivity index (χ2v) is 6.36. The van der Waals surface area contributed by atoms with Crippen molar-refractivity contribution in [2.75, 3.05) is 13.1 Å². The molecule has 0 amide bonds. The van der Waals surface area contributed by atoms with Crippen LogP contribution in [0.3, 0.4) is 0 Å². The molecule has 0 saturated heterocycles. The lowest BCUT2D eigenvalue weighted by Crippen LogP contribution is -2.38. The summed E-state index contributed by atoms with van der Waals surface area (Å²) in [7, 11) is 0. The van der Waals surface area contributed by atoms with Crippen molar-refractivity contribution >= 4 is 23.2 Å². The van der Waals surface area contributed by atoms with Gasteiger partial charge < -0.3 is 0 Å². The number of hydrogen-bond donors (Lipinski definition) is 0. The second-order valence-electron chi connectivity index (χ2n) is 5.58. The first kappa shape index (κ1) is 16.5. The highest BCUT2D eigenvalue weighted by molar-refractivity contribution is 6.41. The lowest BCUT2D eigenvalue weighted by atomic mass is 10.1. The van der Waals surface area contributed by atoms with E-state index in [0.717, 1.165) is 13.1 Å². The van der Waals surface area contributed by atoms with Crippen molar-refractivity contribution in [3.05, 3.63) is 26.6 Å². The minimum Gasteiger partial charge on any atom is -0.284 e. The third-order valence-electron chi connectivity index (χ3n) is 2.52. The predicted octanol–water partition coefficient (Wildman–Crippen LogP) is 3.12. The molecule has 0 spiro atoms. The minimum absolute atomic E-state index is 0.0331. The molecule has 4 nitrogen and oxygen atoms in total. The van der Waals surface area contributed by atoms with Crippen molar-refractivity contribution in [3.8, 4) is 0 Å². The summed E-state index contributed by atoms with van der Waals surface area (Å²) in [6.07, 6.45) is 1.41. The standard InChI is InChI=1S/C13H21Cl2N3O/c1-9(2)6-17(7-10(3)4)8-18-13(19)12(15)11(14)5-16-18/h5,9-10H,6-8H2,1-4H3. The van der Waals surface area contributed by atoms with Gasteiger partial charge in [-0.2, -0.15) is 5.10 Å². The summed E-state index contributed by atoms with van der Waals surface area (Å²) in [6, 6.07) is 0.